The van der Waals surface area contributed by atoms with Crippen molar-refractivity contribution in [1.29, 1.82) is 5.26 Å². The largest absolute Gasteiger partial charge is 0.330 e. The maximum Gasteiger partial charge on any atom is 0.330 e. The molecule has 1 atom stereocenters. The molecule has 0 radical (unpaired) electrons. The molecule has 0 aromatic carbocycles. The second kappa shape index (κ2) is 7.15. The van der Waals surface area contributed by atoms with Gasteiger partial charge in [0.2, 0.25) is 10.4 Å². The van der Waals surface area contributed by atoms with Crippen LogP contribution in [0.3, 0.4) is 0 Å². The van der Waals surface area contributed by atoms with E-state index in [1.807, 2.05) is 0 Å². The maximum atomic E-state index is 14.1. The lowest BCUT2D eigenvalue weighted by Crippen LogP contribution is -2.19. The molecule has 0 fully saturated rings. The van der Waals surface area contributed by atoms with Crippen LogP contribution >= 0.6 is 27.5 Å². The average molecular weight is 452 g/mol. The number of nitro groups is 1. The summed E-state index contributed by atoms with van der Waals surface area (Å²) in [6.45, 7) is 1.33. The topological polar surface area (TPSA) is 127 Å². The highest BCUT2D eigenvalue weighted by molar-refractivity contribution is 9.11. The monoisotopic (exact) mass is 450 g/mol. The Morgan fingerprint density at radius 1 is 1.48 bits per heavy atom. The number of aryl methyl sites for hydroxylation is 1. The quantitative estimate of drug-likeness (QED) is 0.389. The first-order chi connectivity index (χ1) is 11.6. The molecule has 1 aromatic heterocycles. The van der Waals surface area contributed by atoms with E-state index in [-0.39, 0.29) is 18.7 Å². The van der Waals surface area contributed by atoms with Gasteiger partial charge in [-0.3, -0.25) is 10.1 Å². The molecule has 0 spiro atoms. The third-order valence-electron chi connectivity index (χ3n) is 3.32. The fraction of sp³-hybridized carbons (Fsp3) is 0.308. The molecule has 8 nitrogen and oxygen atoms in total. The molecule has 0 saturated carbocycles. The second-order valence-electron chi connectivity index (χ2n) is 4.97. The van der Waals surface area contributed by atoms with E-state index in [9.17, 15) is 28.2 Å². The Morgan fingerprint density at radius 2 is 2.12 bits per heavy atom. The Labute approximate surface area is 155 Å². The molecule has 1 unspecified atom stereocenters. The smallest absolute Gasteiger partial charge is 0.258 e. The zero-order valence-corrected chi connectivity index (χ0v) is 15.7. The number of sulfone groups is 1. The Bertz CT molecular complexity index is 971. The molecule has 0 N–H and O–H groups in total. The van der Waals surface area contributed by atoms with Crippen molar-refractivity contribution in [3.63, 3.8) is 0 Å². The maximum absolute atomic E-state index is 14.1. The van der Waals surface area contributed by atoms with Crippen molar-refractivity contribution in [2.24, 2.45) is 0 Å². The van der Waals surface area contributed by atoms with Crippen LogP contribution in [0.15, 0.2) is 21.3 Å². The van der Waals surface area contributed by atoms with Gasteiger partial charge in [0.1, 0.15) is 11.7 Å². The predicted molar refractivity (Wildman–Crippen MR) is 90.1 cm³/mol. The van der Waals surface area contributed by atoms with Gasteiger partial charge < -0.3 is 0 Å². The van der Waals surface area contributed by atoms with Crippen molar-refractivity contribution in [3.8, 4) is 6.07 Å². The number of rotatable bonds is 4. The minimum absolute atomic E-state index is 0.0539. The van der Waals surface area contributed by atoms with Gasteiger partial charge in [0.25, 0.3) is 0 Å². The molecule has 0 bridgehead atoms. The summed E-state index contributed by atoms with van der Waals surface area (Å²) in [5, 5.41) is 17.9. The van der Waals surface area contributed by atoms with E-state index in [4.69, 9.17) is 11.6 Å². The lowest BCUT2D eigenvalue weighted by Gasteiger charge is -2.17. The van der Waals surface area contributed by atoms with Crippen molar-refractivity contribution >= 4 is 43.1 Å². The number of aromatic nitrogens is 2. The van der Waals surface area contributed by atoms with Crippen LogP contribution in [0.5, 0.6) is 0 Å². The van der Waals surface area contributed by atoms with E-state index >= 15 is 0 Å². The molecule has 1 heterocycles. The summed E-state index contributed by atoms with van der Waals surface area (Å²) in [6.07, 6.45) is 1.01. The van der Waals surface area contributed by atoms with Gasteiger partial charge in [0.05, 0.1) is 15.9 Å². The van der Waals surface area contributed by atoms with Crippen molar-refractivity contribution in [2.45, 2.75) is 25.0 Å². The molecule has 25 heavy (non-hydrogen) atoms. The number of nitriles is 1. The minimum Gasteiger partial charge on any atom is -0.258 e. The summed E-state index contributed by atoms with van der Waals surface area (Å²) < 4.78 is 40.1. The first-order valence-electron chi connectivity index (χ1n) is 6.66. The number of nitrogens with zero attached hydrogens (tertiary/aromatic N) is 4. The van der Waals surface area contributed by atoms with Crippen LogP contribution in [-0.2, 0) is 9.84 Å². The standard InChI is InChI=1S/C13H9BrClFN4O4S/c1-6-18-11(12(20(21)22)13(15)19-6)10(5-17)25(23,24)9-3-2-7(14)4-8(9)16/h4,10H,2-3H2,1H3. The molecule has 2 rings (SSSR count). The molecule has 0 aliphatic heterocycles. The van der Waals surface area contributed by atoms with Gasteiger partial charge in [-0.05, 0) is 30.3 Å². The summed E-state index contributed by atoms with van der Waals surface area (Å²) >= 11 is 8.79. The van der Waals surface area contributed by atoms with Gasteiger partial charge in [0, 0.05) is 0 Å². The number of hydrogen-bond donors (Lipinski definition) is 0. The molecule has 132 valence electrons. The fourth-order valence-electron chi connectivity index (χ4n) is 2.25. The van der Waals surface area contributed by atoms with E-state index in [0.29, 0.717) is 4.48 Å². The fourth-order valence-corrected chi connectivity index (χ4v) is 4.53. The first-order valence-corrected chi connectivity index (χ1v) is 9.38. The van der Waals surface area contributed by atoms with Crippen LogP contribution in [0.1, 0.15) is 29.6 Å². The van der Waals surface area contributed by atoms with Gasteiger partial charge in [-0.1, -0.05) is 27.5 Å². The zero-order valence-electron chi connectivity index (χ0n) is 12.5. The highest BCUT2D eigenvalue weighted by atomic mass is 79.9. The Morgan fingerprint density at radius 3 is 2.64 bits per heavy atom. The van der Waals surface area contributed by atoms with E-state index < -0.39 is 47.3 Å². The van der Waals surface area contributed by atoms with Crippen LogP contribution in [0.4, 0.5) is 10.1 Å². The summed E-state index contributed by atoms with van der Waals surface area (Å²) in [5.41, 5.74) is -1.57. The lowest BCUT2D eigenvalue weighted by molar-refractivity contribution is -0.386. The van der Waals surface area contributed by atoms with Crippen molar-refractivity contribution in [3.05, 3.63) is 48.1 Å². The molecule has 1 aliphatic carbocycles. The van der Waals surface area contributed by atoms with Gasteiger partial charge in [-0.2, -0.15) is 5.26 Å². The van der Waals surface area contributed by atoms with Crippen LogP contribution in [-0.4, -0.2) is 23.3 Å². The summed E-state index contributed by atoms with van der Waals surface area (Å²) in [5.74, 6) is -1.08. The van der Waals surface area contributed by atoms with Crippen LogP contribution < -0.4 is 0 Å². The van der Waals surface area contributed by atoms with Gasteiger partial charge in [0.15, 0.2) is 15.5 Å². The molecule has 12 heteroatoms. The Balaban J connectivity index is 2.72. The first kappa shape index (κ1) is 19.4. The molecular formula is C13H9BrClFN4O4S. The van der Waals surface area contributed by atoms with Crippen molar-refractivity contribution in [1.82, 2.24) is 9.97 Å². The summed E-state index contributed by atoms with van der Waals surface area (Å²) in [7, 11) is -4.56. The lowest BCUT2D eigenvalue weighted by atomic mass is 10.2. The third kappa shape index (κ3) is 3.70. The van der Waals surface area contributed by atoms with Crippen LogP contribution in [0.25, 0.3) is 0 Å². The summed E-state index contributed by atoms with van der Waals surface area (Å²) in [6, 6.07) is 1.46. The normalized spacial score (nSPS) is 16.2. The van der Waals surface area contributed by atoms with Gasteiger partial charge in [-0.25, -0.2) is 22.8 Å². The molecule has 1 aliphatic rings. The zero-order chi connectivity index (χ0) is 18.9. The predicted octanol–water partition coefficient (Wildman–Crippen LogP) is 3.58. The highest BCUT2D eigenvalue weighted by Gasteiger charge is 2.41. The average Bonchev–Trinajstić information content (AvgIpc) is 2.45. The summed E-state index contributed by atoms with van der Waals surface area (Å²) in [4.78, 5) is 17.0. The number of halogens is 3. The molecule has 1 aromatic rings. The highest BCUT2D eigenvalue weighted by Crippen LogP contribution is 2.40. The van der Waals surface area contributed by atoms with E-state index in [1.54, 1.807) is 0 Å². The Hall–Kier alpha value is -1.90. The van der Waals surface area contributed by atoms with Gasteiger partial charge >= 0.3 is 5.69 Å². The number of hydrogen-bond acceptors (Lipinski definition) is 7. The molecule has 0 amide bonds. The van der Waals surface area contributed by atoms with Gasteiger partial charge in [-0.15, -0.1) is 0 Å². The SMILES string of the molecule is Cc1nc(Cl)c([N+](=O)[O-])c(C(C#N)S(=O)(=O)C2=C(F)C=C(Br)CC2)n1. The van der Waals surface area contributed by atoms with Crippen LogP contribution in [0, 0.1) is 28.4 Å². The van der Waals surface area contributed by atoms with E-state index in [0.717, 1.165) is 6.08 Å². The Kier molecular flexibility index (Phi) is 5.55. The molecule has 0 saturated heterocycles. The van der Waals surface area contributed by atoms with Crippen LogP contribution in [0.2, 0.25) is 5.15 Å². The molecular weight excluding hydrogens is 443 g/mol. The van der Waals surface area contributed by atoms with Crippen molar-refractivity contribution < 1.29 is 17.7 Å². The van der Waals surface area contributed by atoms with E-state index in [1.165, 1.54) is 13.0 Å². The minimum atomic E-state index is -4.56. The van der Waals surface area contributed by atoms with Crippen molar-refractivity contribution in [2.75, 3.05) is 0 Å². The third-order valence-corrected chi connectivity index (χ3v) is 6.25. The van der Waals surface area contributed by atoms with E-state index in [2.05, 4.69) is 25.9 Å². The second-order valence-corrected chi connectivity index (χ2v) is 8.40. The number of allylic oxidation sites excluding steroid dienone is 4.